The molecule has 4 N–H and O–H groups in total. The Balaban J connectivity index is 1.48. The van der Waals surface area contributed by atoms with Gasteiger partial charge in [-0.3, -0.25) is 9.52 Å². The van der Waals surface area contributed by atoms with E-state index < -0.39 is 16.1 Å². The van der Waals surface area contributed by atoms with Crippen molar-refractivity contribution in [2.24, 2.45) is 0 Å². The number of H-pyrrole nitrogens is 1. The number of anilines is 1. The number of aliphatic hydroxyl groups is 1. The molecule has 37 heavy (non-hydrogen) atoms. The van der Waals surface area contributed by atoms with E-state index in [9.17, 15) is 18.3 Å². The Bertz CT molecular complexity index is 1300. The summed E-state index contributed by atoms with van der Waals surface area (Å²) in [4.78, 5) is 17.7. The van der Waals surface area contributed by atoms with Gasteiger partial charge in [0.05, 0.1) is 12.4 Å². The van der Waals surface area contributed by atoms with E-state index in [4.69, 9.17) is 4.74 Å². The fourth-order valence-electron chi connectivity index (χ4n) is 4.30. The summed E-state index contributed by atoms with van der Waals surface area (Å²) in [5.74, 6) is 0.907. The molecular weight excluding hydrogens is 492 g/mol. The van der Waals surface area contributed by atoms with Crippen molar-refractivity contribution in [2.45, 2.75) is 39.7 Å². The summed E-state index contributed by atoms with van der Waals surface area (Å²) in [6, 6.07) is 12.6. The molecule has 0 saturated carbocycles. The predicted octanol–water partition coefficient (Wildman–Crippen LogP) is 3.35. The maximum atomic E-state index is 12.4. The van der Waals surface area contributed by atoms with E-state index in [0.29, 0.717) is 43.8 Å². The van der Waals surface area contributed by atoms with Crippen LogP contribution >= 0.6 is 0 Å². The number of rotatable bonds is 14. The van der Waals surface area contributed by atoms with Crippen LogP contribution < -0.4 is 14.8 Å². The summed E-state index contributed by atoms with van der Waals surface area (Å²) >= 11 is 0. The number of aliphatic hydroxyl groups excluding tert-OH is 1. The molecule has 0 spiro atoms. The minimum Gasteiger partial charge on any atom is -0.492 e. The Labute approximate surface area is 219 Å². The molecule has 0 aliphatic rings. The van der Waals surface area contributed by atoms with E-state index in [2.05, 4.69) is 21.9 Å². The SMILES string of the molecule is CCN(CC)C(=O)CCc1[nH]c2cc(OCCNC[C@H](O)c3cccc(NS(C)(=O)=O)c3)ccc2c1C. The number of benzene rings is 2. The van der Waals surface area contributed by atoms with E-state index in [-0.39, 0.29) is 5.91 Å². The number of nitrogens with one attached hydrogen (secondary N) is 3. The number of hydrogen-bond acceptors (Lipinski definition) is 6. The second kappa shape index (κ2) is 12.9. The highest BCUT2D eigenvalue weighted by atomic mass is 32.2. The van der Waals surface area contributed by atoms with Gasteiger partial charge >= 0.3 is 0 Å². The Morgan fingerprint density at radius 2 is 1.92 bits per heavy atom. The molecule has 0 unspecified atom stereocenters. The molecule has 0 bridgehead atoms. The average molecular weight is 531 g/mol. The first-order valence-corrected chi connectivity index (χ1v) is 14.5. The van der Waals surface area contributed by atoms with Crippen LogP contribution in [0, 0.1) is 6.92 Å². The van der Waals surface area contributed by atoms with Crippen molar-refractivity contribution in [1.29, 1.82) is 0 Å². The molecule has 10 heteroatoms. The van der Waals surface area contributed by atoms with Crippen molar-refractivity contribution in [3.05, 3.63) is 59.3 Å². The number of aromatic nitrogens is 1. The van der Waals surface area contributed by atoms with E-state index in [1.54, 1.807) is 24.3 Å². The number of fused-ring (bicyclic) bond motifs is 1. The van der Waals surface area contributed by atoms with Crippen LogP contribution in [0.3, 0.4) is 0 Å². The van der Waals surface area contributed by atoms with Gasteiger partial charge < -0.3 is 25.0 Å². The van der Waals surface area contributed by atoms with Crippen LogP contribution in [0.25, 0.3) is 10.9 Å². The minimum absolute atomic E-state index is 0.169. The molecule has 0 aliphatic carbocycles. The first-order chi connectivity index (χ1) is 17.6. The van der Waals surface area contributed by atoms with Gasteiger partial charge in [0, 0.05) is 61.0 Å². The summed E-state index contributed by atoms with van der Waals surface area (Å²) < 4.78 is 31.1. The van der Waals surface area contributed by atoms with Gasteiger partial charge in [-0.1, -0.05) is 12.1 Å². The minimum atomic E-state index is -3.38. The quantitative estimate of drug-likeness (QED) is 0.237. The summed E-state index contributed by atoms with van der Waals surface area (Å²) in [6.45, 7) is 8.76. The van der Waals surface area contributed by atoms with Gasteiger partial charge in [0.2, 0.25) is 15.9 Å². The molecule has 1 aromatic heterocycles. The zero-order chi connectivity index (χ0) is 27.0. The predicted molar refractivity (Wildman–Crippen MR) is 148 cm³/mol. The largest absolute Gasteiger partial charge is 0.492 e. The van der Waals surface area contributed by atoms with Crippen LogP contribution in [0.2, 0.25) is 0 Å². The number of hydrogen-bond donors (Lipinski definition) is 4. The van der Waals surface area contributed by atoms with Crippen molar-refractivity contribution < 1.29 is 23.1 Å². The lowest BCUT2D eigenvalue weighted by Crippen LogP contribution is -2.30. The average Bonchev–Trinajstić information content (AvgIpc) is 3.17. The Hall–Kier alpha value is -3.08. The molecule has 3 aromatic rings. The van der Waals surface area contributed by atoms with E-state index in [1.807, 2.05) is 36.9 Å². The second-order valence-corrected chi connectivity index (χ2v) is 10.8. The topological polar surface area (TPSA) is 124 Å². The molecule has 2 aromatic carbocycles. The number of amides is 1. The van der Waals surface area contributed by atoms with Crippen LogP contribution in [0.15, 0.2) is 42.5 Å². The molecule has 1 heterocycles. The third-order valence-corrected chi connectivity index (χ3v) is 6.90. The molecule has 3 rings (SSSR count). The van der Waals surface area contributed by atoms with Crippen LogP contribution in [-0.4, -0.2) is 68.4 Å². The highest BCUT2D eigenvalue weighted by Crippen LogP contribution is 2.26. The molecule has 1 atom stereocenters. The van der Waals surface area contributed by atoms with E-state index in [1.165, 1.54) is 0 Å². The van der Waals surface area contributed by atoms with Crippen molar-refractivity contribution in [3.63, 3.8) is 0 Å². The summed E-state index contributed by atoms with van der Waals surface area (Å²) in [6.07, 6.45) is 1.45. The lowest BCUT2D eigenvalue weighted by atomic mass is 10.1. The number of carbonyl (C=O) groups is 1. The molecule has 9 nitrogen and oxygen atoms in total. The van der Waals surface area contributed by atoms with Crippen molar-refractivity contribution in [1.82, 2.24) is 15.2 Å². The number of aromatic amines is 1. The molecule has 1 amide bonds. The number of nitrogens with zero attached hydrogens (tertiary/aromatic N) is 1. The molecule has 0 radical (unpaired) electrons. The first kappa shape index (κ1) is 28.5. The third-order valence-electron chi connectivity index (χ3n) is 6.30. The van der Waals surface area contributed by atoms with Gasteiger partial charge in [-0.25, -0.2) is 8.42 Å². The Morgan fingerprint density at radius 3 is 2.62 bits per heavy atom. The van der Waals surface area contributed by atoms with Gasteiger partial charge in [0.1, 0.15) is 12.4 Å². The normalized spacial score (nSPS) is 12.5. The van der Waals surface area contributed by atoms with Crippen LogP contribution in [0.4, 0.5) is 5.69 Å². The number of ether oxygens (including phenoxy) is 1. The van der Waals surface area contributed by atoms with Gasteiger partial charge in [-0.15, -0.1) is 0 Å². The maximum absolute atomic E-state index is 12.4. The van der Waals surface area contributed by atoms with Crippen molar-refractivity contribution in [2.75, 3.05) is 43.8 Å². The van der Waals surface area contributed by atoms with Crippen LogP contribution in [0.1, 0.15) is 43.2 Å². The number of carbonyl (C=O) groups excluding carboxylic acids is 1. The highest BCUT2D eigenvalue weighted by Gasteiger charge is 2.14. The lowest BCUT2D eigenvalue weighted by molar-refractivity contribution is -0.130. The van der Waals surface area contributed by atoms with Gasteiger partial charge in [-0.2, -0.15) is 0 Å². The van der Waals surface area contributed by atoms with Crippen molar-refractivity contribution in [3.8, 4) is 5.75 Å². The zero-order valence-electron chi connectivity index (χ0n) is 22.0. The van der Waals surface area contributed by atoms with Gasteiger partial charge in [0.15, 0.2) is 0 Å². The lowest BCUT2D eigenvalue weighted by Gasteiger charge is -2.18. The molecule has 0 aliphatic heterocycles. The first-order valence-electron chi connectivity index (χ1n) is 12.6. The smallest absolute Gasteiger partial charge is 0.229 e. The van der Waals surface area contributed by atoms with Gasteiger partial charge in [0.25, 0.3) is 0 Å². The number of aryl methyl sites for hydroxylation is 2. The summed E-state index contributed by atoms with van der Waals surface area (Å²) in [5.41, 5.74) is 4.23. The monoisotopic (exact) mass is 530 g/mol. The molecule has 0 fully saturated rings. The van der Waals surface area contributed by atoms with E-state index in [0.717, 1.165) is 47.3 Å². The fraction of sp³-hybridized carbons (Fsp3) is 0.444. The zero-order valence-corrected chi connectivity index (χ0v) is 22.8. The summed E-state index contributed by atoms with van der Waals surface area (Å²) in [5, 5.41) is 14.7. The fourth-order valence-corrected chi connectivity index (χ4v) is 4.86. The van der Waals surface area contributed by atoms with Crippen molar-refractivity contribution >= 4 is 32.5 Å². The standard InChI is InChI=1S/C27H38N4O5S/c1-5-31(6-2)27(33)13-12-24-19(3)23-11-10-22(17-25(23)29-24)36-15-14-28-18-26(32)20-8-7-9-21(16-20)30-37(4,34)35/h7-11,16-17,26,28-30,32H,5-6,12-15,18H2,1-4H3/t26-/m0/s1. The van der Waals surface area contributed by atoms with Crippen LogP contribution in [0.5, 0.6) is 5.75 Å². The van der Waals surface area contributed by atoms with E-state index >= 15 is 0 Å². The summed E-state index contributed by atoms with van der Waals surface area (Å²) in [7, 11) is -3.38. The second-order valence-electron chi connectivity index (χ2n) is 9.07. The molecule has 0 saturated heterocycles. The van der Waals surface area contributed by atoms with Crippen LogP contribution in [-0.2, 0) is 21.2 Å². The third kappa shape index (κ3) is 8.21. The molecular formula is C27H38N4O5S. The Kier molecular flexibility index (Phi) is 9.96. The maximum Gasteiger partial charge on any atom is 0.229 e. The Morgan fingerprint density at radius 1 is 1.16 bits per heavy atom. The number of sulfonamides is 1. The highest BCUT2D eigenvalue weighted by molar-refractivity contribution is 7.92. The van der Waals surface area contributed by atoms with Gasteiger partial charge in [-0.05, 0) is 62.6 Å². The molecule has 202 valence electrons.